The molecule has 1 amide bonds. The van der Waals surface area contributed by atoms with E-state index < -0.39 is 0 Å². The first kappa shape index (κ1) is 13.5. The Morgan fingerprint density at radius 3 is 2.35 bits per heavy atom. The number of amides is 1. The average molecular weight is 272 g/mol. The highest BCUT2D eigenvalue weighted by Crippen LogP contribution is 2.33. The maximum Gasteiger partial charge on any atom is 0.225 e. The van der Waals surface area contributed by atoms with Gasteiger partial charge in [0.1, 0.15) is 0 Å². The number of carbonyl (C=O) groups is 1. The second kappa shape index (κ2) is 5.86. The molecule has 108 valence electrons. The zero-order valence-electron chi connectivity index (χ0n) is 12.1. The van der Waals surface area contributed by atoms with Gasteiger partial charge in [0.25, 0.3) is 0 Å². The highest BCUT2D eigenvalue weighted by molar-refractivity contribution is 5.79. The number of hydrogen-bond donors (Lipinski definition) is 1. The summed E-state index contributed by atoms with van der Waals surface area (Å²) in [5.41, 5.74) is 8.23. The second-order valence-electron chi connectivity index (χ2n) is 6.21. The fourth-order valence-electron chi connectivity index (χ4n) is 3.72. The highest BCUT2D eigenvalue weighted by Gasteiger charge is 2.30. The first-order valence-corrected chi connectivity index (χ1v) is 7.89. The van der Waals surface area contributed by atoms with Gasteiger partial charge in [-0.15, -0.1) is 0 Å². The molecule has 1 saturated carbocycles. The molecule has 1 heterocycles. The molecule has 0 unspecified atom stereocenters. The van der Waals surface area contributed by atoms with Crippen molar-refractivity contribution in [1.82, 2.24) is 4.90 Å². The molecular weight excluding hydrogens is 248 g/mol. The summed E-state index contributed by atoms with van der Waals surface area (Å²) >= 11 is 0. The summed E-state index contributed by atoms with van der Waals surface area (Å²) in [6.07, 6.45) is 6.76. The lowest BCUT2D eigenvalue weighted by Crippen LogP contribution is -2.40. The number of benzene rings is 1. The largest absolute Gasteiger partial charge is 0.398 e. The zero-order chi connectivity index (χ0) is 13.9. The number of para-hydroxylation sites is 1. The van der Waals surface area contributed by atoms with E-state index >= 15 is 0 Å². The van der Waals surface area contributed by atoms with Crippen LogP contribution in [0.5, 0.6) is 0 Å². The molecule has 1 aliphatic carbocycles. The summed E-state index contributed by atoms with van der Waals surface area (Å²) in [5.74, 6) is 1.24. The molecule has 3 heteroatoms. The lowest BCUT2D eigenvalue weighted by Gasteiger charge is -2.34. The molecule has 2 fully saturated rings. The molecule has 1 saturated heterocycles. The topological polar surface area (TPSA) is 46.3 Å². The lowest BCUT2D eigenvalue weighted by atomic mass is 9.88. The van der Waals surface area contributed by atoms with Crippen molar-refractivity contribution in [2.75, 3.05) is 18.8 Å². The van der Waals surface area contributed by atoms with Crippen LogP contribution in [0.15, 0.2) is 24.3 Å². The summed E-state index contributed by atoms with van der Waals surface area (Å²) in [5, 5.41) is 0. The smallest absolute Gasteiger partial charge is 0.225 e. The first-order valence-electron chi connectivity index (χ1n) is 7.89. The van der Waals surface area contributed by atoms with E-state index in [0.29, 0.717) is 17.7 Å². The van der Waals surface area contributed by atoms with Gasteiger partial charge in [0.15, 0.2) is 0 Å². The Labute approximate surface area is 121 Å². The van der Waals surface area contributed by atoms with Crippen LogP contribution in [0.2, 0.25) is 0 Å². The third kappa shape index (κ3) is 2.67. The van der Waals surface area contributed by atoms with Crippen molar-refractivity contribution < 1.29 is 4.79 Å². The van der Waals surface area contributed by atoms with Crippen molar-refractivity contribution in [1.29, 1.82) is 0 Å². The van der Waals surface area contributed by atoms with E-state index in [1.54, 1.807) is 0 Å². The Balaban J connectivity index is 1.59. The van der Waals surface area contributed by atoms with Crippen molar-refractivity contribution in [2.24, 2.45) is 5.92 Å². The Kier molecular flexibility index (Phi) is 3.95. The SMILES string of the molecule is Nc1ccccc1C1CCN(C(=O)C2CCCC2)CC1. The number of likely N-dealkylation sites (tertiary alicyclic amines) is 1. The Morgan fingerprint density at radius 2 is 1.70 bits per heavy atom. The number of piperidine rings is 1. The van der Waals surface area contributed by atoms with Crippen molar-refractivity contribution in [2.45, 2.75) is 44.4 Å². The van der Waals surface area contributed by atoms with Gasteiger partial charge in [-0.2, -0.15) is 0 Å². The van der Waals surface area contributed by atoms with Gasteiger partial charge in [0, 0.05) is 24.7 Å². The molecule has 20 heavy (non-hydrogen) atoms. The zero-order valence-corrected chi connectivity index (χ0v) is 12.1. The van der Waals surface area contributed by atoms with Crippen LogP contribution >= 0.6 is 0 Å². The highest BCUT2D eigenvalue weighted by atomic mass is 16.2. The van der Waals surface area contributed by atoms with Crippen LogP contribution in [-0.4, -0.2) is 23.9 Å². The van der Waals surface area contributed by atoms with Crippen LogP contribution in [0.25, 0.3) is 0 Å². The minimum Gasteiger partial charge on any atom is -0.398 e. The molecule has 3 rings (SSSR count). The van der Waals surface area contributed by atoms with Gasteiger partial charge in [-0.25, -0.2) is 0 Å². The molecule has 2 aliphatic rings. The van der Waals surface area contributed by atoms with E-state index in [2.05, 4.69) is 17.0 Å². The number of carbonyl (C=O) groups excluding carboxylic acids is 1. The molecule has 2 N–H and O–H groups in total. The summed E-state index contributed by atoms with van der Waals surface area (Å²) in [6, 6.07) is 8.15. The lowest BCUT2D eigenvalue weighted by molar-refractivity contribution is -0.136. The minimum atomic E-state index is 0.313. The number of nitrogen functional groups attached to an aromatic ring is 1. The van der Waals surface area contributed by atoms with Gasteiger partial charge >= 0.3 is 0 Å². The molecule has 1 aliphatic heterocycles. The van der Waals surface area contributed by atoms with Crippen molar-refractivity contribution in [3.05, 3.63) is 29.8 Å². The predicted molar refractivity (Wildman–Crippen MR) is 81.4 cm³/mol. The third-order valence-electron chi connectivity index (χ3n) is 4.95. The van der Waals surface area contributed by atoms with E-state index in [1.807, 2.05) is 12.1 Å². The van der Waals surface area contributed by atoms with Crippen LogP contribution in [0.4, 0.5) is 5.69 Å². The summed E-state index contributed by atoms with van der Waals surface area (Å²) in [4.78, 5) is 14.5. The predicted octanol–water partition coefficient (Wildman–Crippen LogP) is 3.17. The van der Waals surface area contributed by atoms with E-state index in [-0.39, 0.29) is 0 Å². The Hall–Kier alpha value is -1.51. The number of rotatable bonds is 2. The van der Waals surface area contributed by atoms with Gasteiger partial charge < -0.3 is 10.6 Å². The van der Waals surface area contributed by atoms with Gasteiger partial charge in [-0.05, 0) is 43.2 Å². The quantitative estimate of drug-likeness (QED) is 0.841. The van der Waals surface area contributed by atoms with E-state index in [1.165, 1.54) is 18.4 Å². The van der Waals surface area contributed by atoms with Gasteiger partial charge in [0.05, 0.1) is 0 Å². The fraction of sp³-hybridized carbons (Fsp3) is 0.588. The van der Waals surface area contributed by atoms with Crippen LogP contribution in [0.3, 0.4) is 0 Å². The van der Waals surface area contributed by atoms with Crippen LogP contribution in [0.1, 0.15) is 50.0 Å². The van der Waals surface area contributed by atoms with Gasteiger partial charge in [-0.3, -0.25) is 4.79 Å². The Morgan fingerprint density at radius 1 is 1.05 bits per heavy atom. The molecule has 0 spiro atoms. The maximum atomic E-state index is 12.4. The fourth-order valence-corrected chi connectivity index (χ4v) is 3.72. The molecule has 0 radical (unpaired) electrons. The number of anilines is 1. The van der Waals surface area contributed by atoms with Crippen LogP contribution in [0, 0.1) is 5.92 Å². The first-order chi connectivity index (χ1) is 9.75. The maximum absolute atomic E-state index is 12.4. The molecule has 1 aromatic rings. The number of nitrogens with two attached hydrogens (primary N) is 1. The number of hydrogen-bond acceptors (Lipinski definition) is 2. The van der Waals surface area contributed by atoms with Crippen molar-refractivity contribution >= 4 is 11.6 Å². The summed E-state index contributed by atoms with van der Waals surface area (Å²) in [6.45, 7) is 1.79. The molecule has 0 bridgehead atoms. The van der Waals surface area contributed by atoms with Gasteiger partial charge in [0.2, 0.25) is 5.91 Å². The van der Waals surface area contributed by atoms with E-state index in [0.717, 1.165) is 44.5 Å². The van der Waals surface area contributed by atoms with Crippen LogP contribution in [-0.2, 0) is 4.79 Å². The van der Waals surface area contributed by atoms with Crippen LogP contribution < -0.4 is 5.73 Å². The van der Waals surface area contributed by atoms with Gasteiger partial charge in [-0.1, -0.05) is 31.0 Å². The standard InChI is InChI=1S/C17H24N2O/c18-16-8-4-3-7-15(16)13-9-11-19(12-10-13)17(20)14-5-1-2-6-14/h3-4,7-8,13-14H,1-2,5-6,9-12,18H2. The van der Waals surface area contributed by atoms with E-state index in [4.69, 9.17) is 5.73 Å². The second-order valence-corrected chi connectivity index (χ2v) is 6.21. The molecule has 3 nitrogen and oxygen atoms in total. The van der Waals surface area contributed by atoms with Crippen molar-refractivity contribution in [3.8, 4) is 0 Å². The molecule has 0 atom stereocenters. The average Bonchev–Trinajstić information content (AvgIpc) is 3.01. The Bertz CT molecular complexity index is 472. The molecule has 0 aromatic heterocycles. The molecule has 1 aromatic carbocycles. The van der Waals surface area contributed by atoms with Crippen molar-refractivity contribution in [3.63, 3.8) is 0 Å². The van der Waals surface area contributed by atoms with E-state index in [9.17, 15) is 4.79 Å². The molecular formula is C17H24N2O. The monoisotopic (exact) mass is 272 g/mol. The normalized spacial score (nSPS) is 21.3. The summed E-state index contributed by atoms with van der Waals surface area (Å²) in [7, 11) is 0. The number of nitrogens with zero attached hydrogens (tertiary/aromatic N) is 1. The minimum absolute atomic E-state index is 0.313. The summed E-state index contributed by atoms with van der Waals surface area (Å²) < 4.78 is 0. The third-order valence-corrected chi connectivity index (χ3v) is 4.95.